The maximum atomic E-state index is 13.2. The highest BCUT2D eigenvalue weighted by molar-refractivity contribution is 7.87. The van der Waals surface area contributed by atoms with Crippen molar-refractivity contribution in [2.45, 2.75) is 63.3 Å². The molecule has 17 heteroatoms. The lowest BCUT2D eigenvalue weighted by Gasteiger charge is -2.25. The minimum absolute atomic E-state index is 0.0744. The molecule has 4 atom stereocenters. The Morgan fingerprint density at radius 2 is 1.40 bits per heavy atom. The summed E-state index contributed by atoms with van der Waals surface area (Å²) in [4.78, 5) is 20.5. The third-order valence-electron chi connectivity index (χ3n) is 5.48. The van der Waals surface area contributed by atoms with Crippen LogP contribution in [0.2, 0.25) is 0 Å². The largest absolute Gasteiger partial charge is 0.523 e. The maximum absolute atomic E-state index is 13.2. The van der Waals surface area contributed by atoms with Crippen LogP contribution in [0.5, 0.6) is 0 Å². The average molecular weight is 595 g/mol. The van der Waals surface area contributed by atoms with Crippen LogP contribution in [0.25, 0.3) is 0 Å². The Balaban J connectivity index is 1.81. The van der Waals surface area contributed by atoms with Crippen LogP contribution in [0, 0.1) is 20.2 Å². The lowest BCUT2D eigenvalue weighted by Crippen LogP contribution is -2.43. The number of ether oxygens (including phenoxy) is 4. The van der Waals surface area contributed by atoms with Crippen LogP contribution in [-0.2, 0) is 46.5 Å². The van der Waals surface area contributed by atoms with E-state index in [2.05, 4.69) is 4.18 Å². The van der Waals surface area contributed by atoms with Crippen LogP contribution in [0.1, 0.15) is 25.0 Å². The van der Waals surface area contributed by atoms with E-state index >= 15 is 0 Å². The van der Waals surface area contributed by atoms with Crippen LogP contribution in [0.4, 0.5) is 24.5 Å². The molecule has 1 heterocycles. The first kappa shape index (κ1) is 31.3. The first-order chi connectivity index (χ1) is 18.7. The topological polar surface area (TPSA) is 167 Å². The molecule has 0 aliphatic carbocycles. The van der Waals surface area contributed by atoms with Gasteiger partial charge >= 0.3 is 15.6 Å². The summed E-state index contributed by atoms with van der Waals surface area (Å²) < 4.78 is 90.3. The molecule has 1 aliphatic heterocycles. The summed E-state index contributed by atoms with van der Waals surface area (Å²) in [5.74, 6) is 0. The average Bonchev–Trinajstić information content (AvgIpc) is 3.17. The van der Waals surface area contributed by atoms with Gasteiger partial charge in [-0.15, -0.1) is 0 Å². The Bertz CT molecular complexity index is 1270. The van der Waals surface area contributed by atoms with E-state index in [0.717, 1.165) is 0 Å². The first-order valence-corrected chi connectivity index (χ1v) is 13.0. The summed E-state index contributed by atoms with van der Waals surface area (Å²) in [7, 11) is -6.09. The zero-order valence-electron chi connectivity index (χ0n) is 21.1. The van der Waals surface area contributed by atoms with E-state index in [0.29, 0.717) is 11.1 Å². The summed E-state index contributed by atoms with van der Waals surface area (Å²) in [6.07, 6.45) is -6.71. The van der Waals surface area contributed by atoms with Gasteiger partial charge in [0.25, 0.3) is 11.4 Å². The number of halogens is 3. The van der Waals surface area contributed by atoms with Crippen molar-refractivity contribution in [2.75, 3.05) is 6.61 Å². The van der Waals surface area contributed by atoms with Crippen LogP contribution in [-0.4, -0.2) is 61.1 Å². The highest BCUT2D eigenvalue weighted by Gasteiger charge is 2.55. The van der Waals surface area contributed by atoms with Crippen LogP contribution in [0.15, 0.2) is 48.5 Å². The summed E-state index contributed by atoms with van der Waals surface area (Å²) >= 11 is 0. The van der Waals surface area contributed by atoms with Gasteiger partial charge in [-0.1, -0.05) is 0 Å². The molecular weight excluding hydrogens is 569 g/mol. The van der Waals surface area contributed by atoms with Gasteiger partial charge < -0.3 is 18.9 Å². The Kier molecular flexibility index (Phi) is 10.1. The highest BCUT2D eigenvalue weighted by atomic mass is 32.2. The molecule has 40 heavy (non-hydrogen) atoms. The lowest BCUT2D eigenvalue weighted by molar-refractivity contribution is -0.385. The van der Waals surface area contributed by atoms with Gasteiger partial charge in [0.1, 0.15) is 12.2 Å². The van der Waals surface area contributed by atoms with Crippen molar-refractivity contribution >= 4 is 21.5 Å². The van der Waals surface area contributed by atoms with E-state index in [9.17, 15) is 41.8 Å². The highest BCUT2D eigenvalue weighted by Crippen LogP contribution is 2.34. The maximum Gasteiger partial charge on any atom is 0.523 e. The van der Waals surface area contributed by atoms with Gasteiger partial charge in [0.05, 0.1) is 35.8 Å². The van der Waals surface area contributed by atoms with Crippen molar-refractivity contribution < 1.29 is 54.6 Å². The molecule has 1 aliphatic rings. The summed E-state index contributed by atoms with van der Waals surface area (Å²) in [6, 6.07) is 10.5. The zero-order valence-corrected chi connectivity index (χ0v) is 21.9. The molecule has 13 nitrogen and oxygen atoms in total. The summed E-state index contributed by atoms with van der Waals surface area (Å²) in [6.45, 7) is 2.40. The SMILES string of the molecule is CC(C)O[C@@H]1O[C@H](COCc2ccc([N+](=O)[O-])cc2)[C@@H](OCc2ccc([N+](=O)[O-])cc2)[C@@H]1OS(=O)(=O)C(F)(F)F. The quantitative estimate of drug-likeness (QED) is 0.142. The molecule has 0 spiro atoms. The second-order valence-corrected chi connectivity index (χ2v) is 10.4. The predicted molar refractivity (Wildman–Crippen MR) is 129 cm³/mol. The van der Waals surface area contributed by atoms with Gasteiger partial charge in [-0.2, -0.15) is 21.6 Å². The molecule has 0 unspecified atom stereocenters. The molecule has 0 N–H and O–H groups in total. The Hall–Kier alpha value is -3.22. The molecule has 2 aromatic carbocycles. The van der Waals surface area contributed by atoms with E-state index in [1.807, 2.05) is 0 Å². The molecule has 1 saturated heterocycles. The van der Waals surface area contributed by atoms with Crippen molar-refractivity contribution in [2.24, 2.45) is 0 Å². The zero-order chi connectivity index (χ0) is 29.7. The second-order valence-electron chi connectivity index (χ2n) is 8.83. The van der Waals surface area contributed by atoms with E-state index in [1.54, 1.807) is 13.8 Å². The molecule has 220 valence electrons. The molecule has 0 radical (unpaired) electrons. The van der Waals surface area contributed by atoms with E-state index in [1.165, 1.54) is 48.5 Å². The number of hydrogen-bond donors (Lipinski definition) is 0. The number of benzene rings is 2. The fourth-order valence-electron chi connectivity index (χ4n) is 3.62. The molecule has 0 saturated carbocycles. The molecule has 0 bridgehead atoms. The molecule has 1 fully saturated rings. The van der Waals surface area contributed by atoms with Crippen molar-refractivity contribution in [1.82, 2.24) is 0 Å². The monoisotopic (exact) mass is 594 g/mol. The van der Waals surface area contributed by atoms with E-state index in [-0.39, 0.29) is 31.2 Å². The predicted octanol–water partition coefficient (Wildman–Crippen LogP) is 3.99. The van der Waals surface area contributed by atoms with E-state index in [4.69, 9.17) is 18.9 Å². The standard InChI is InChI=1S/C23H25F3N2O11S/c1-14(2)37-22-21(39-40(33,34)23(24,25)26)20(36-12-16-5-9-18(10-6-16)28(31)32)19(38-22)13-35-11-15-3-7-17(8-4-15)27(29)30/h3-10,14,19-22H,11-13H2,1-2H3/t19-,20-,21+,22-/m1/s1. The minimum atomic E-state index is -6.09. The number of rotatable bonds is 13. The van der Waals surface area contributed by atoms with Gasteiger partial charge in [-0.25, -0.2) is 0 Å². The number of nitrogens with zero attached hydrogens (tertiary/aromatic N) is 2. The smallest absolute Gasteiger partial charge is 0.374 e. The van der Waals surface area contributed by atoms with E-state index < -0.39 is 56.2 Å². The lowest BCUT2D eigenvalue weighted by atomic mass is 10.1. The van der Waals surface area contributed by atoms with Crippen molar-refractivity contribution in [3.8, 4) is 0 Å². The van der Waals surface area contributed by atoms with Gasteiger partial charge in [-0.3, -0.25) is 24.4 Å². The van der Waals surface area contributed by atoms with Crippen molar-refractivity contribution in [1.29, 1.82) is 0 Å². The Morgan fingerprint density at radius 1 is 0.900 bits per heavy atom. The Labute approximate surface area is 226 Å². The molecule has 0 aromatic heterocycles. The number of nitro groups is 2. The van der Waals surface area contributed by atoms with Gasteiger partial charge in [0.2, 0.25) is 0 Å². The van der Waals surface area contributed by atoms with Crippen molar-refractivity contribution in [3.63, 3.8) is 0 Å². The molecule has 3 rings (SSSR count). The minimum Gasteiger partial charge on any atom is -0.374 e. The van der Waals surface area contributed by atoms with Gasteiger partial charge in [0, 0.05) is 24.3 Å². The van der Waals surface area contributed by atoms with Gasteiger partial charge in [0.15, 0.2) is 12.4 Å². The van der Waals surface area contributed by atoms with Gasteiger partial charge in [-0.05, 0) is 49.2 Å². The first-order valence-electron chi connectivity index (χ1n) is 11.6. The van der Waals surface area contributed by atoms with Crippen LogP contribution in [0.3, 0.4) is 0 Å². The second kappa shape index (κ2) is 13.0. The molecular formula is C23H25F3N2O11S. The third-order valence-corrected chi connectivity index (χ3v) is 6.53. The number of nitro benzene ring substituents is 2. The number of alkyl halides is 3. The van der Waals surface area contributed by atoms with Crippen LogP contribution >= 0.6 is 0 Å². The summed E-state index contributed by atoms with van der Waals surface area (Å²) in [5.41, 5.74) is -5.14. The Morgan fingerprint density at radius 3 is 1.85 bits per heavy atom. The number of hydrogen-bond acceptors (Lipinski definition) is 11. The van der Waals surface area contributed by atoms with Crippen LogP contribution < -0.4 is 0 Å². The molecule has 0 amide bonds. The summed E-state index contributed by atoms with van der Waals surface area (Å²) in [5, 5.41) is 21.7. The number of non-ortho nitro benzene ring substituents is 2. The third kappa shape index (κ3) is 8.15. The van der Waals surface area contributed by atoms with Crippen molar-refractivity contribution in [3.05, 3.63) is 79.9 Å². The fraction of sp³-hybridized carbons (Fsp3) is 0.478. The normalized spacial score (nSPS) is 21.6. The molecule has 2 aromatic rings. The fourth-order valence-corrected chi connectivity index (χ4v) is 4.22.